The van der Waals surface area contributed by atoms with Crippen LogP contribution in [0.4, 0.5) is 0 Å². The molecule has 2 N–H and O–H groups in total. The van der Waals surface area contributed by atoms with E-state index in [1.807, 2.05) is 4.72 Å². The molecule has 0 heterocycles. The first-order chi connectivity index (χ1) is 12.8. The van der Waals surface area contributed by atoms with Crippen LogP contribution in [0.25, 0.3) is 0 Å². The number of carbonyl (C=O) groups excluding carboxylic acids is 2. The molecular weight excluding hydrogens is 368 g/mol. The highest BCUT2D eigenvalue weighted by molar-refractivity contribution is 7.90. The van der Waals surface area contributed by atoms with E-state index in [1.54, 1.807) is 25.1 Å². The van der Waals surface area contributed by atoms with Crippen LogP contribution >= 0.6 is 0 Å². The molecule has 0 spiro atoms. The molecule has 2 aromatic carbocycles. The lowest BCUT2D eigenvalue weighted by Gasteiger charge is -2.11. The van der Waals surface area contributed by atoms with E-state index < -0.39 is 15.9 Å². The summed E-state index contributed by atoms with van der Waals surface area (Å²) in [6, 6.07) is 10.6. The van der Waals surface area contributed by atoms with Crippen LogP contribution in [0.15, 0.2) is 47.4 Å². The van der Waals surface area contributed by atoms with Gasteiger partial charge in [0, 0.05) is 11.6 Å². The Morgan fingerprint density at radius 2 is 1.70 bits per heavy atom. The van der Waals surface area contributed by atoms with Gasteiger partial charge in [-0.25, -0.2) is 13.1 Å². The Morgan fingerprint density at radius 1 is 1.04 bits per heavy atom. The molecule has 3 rings (SSSR count). The van der Waals surface area contributed by atoms with Gasteiger partial charge in [0.25, 0.3) is 21.8 Å². The fourth-order valence-electron chi connectivity index (χ4n) is 2.52. The van der Waals surface area contributed by atoms with Crippen LogP contribution < -0.4 is 14.8 Å². The van der Waals surface area contributed by atoms with Crippen molar-refractivity contribution in [1.82, 2.24) is 10.0 Å². The van der Waals surface area contributed by atoms with Crippen LogP contribution in [0.2, 0.25) is 0 Å². The molecule has 8 heteroatoms. The number of aryl methyl sites for hydroxylation is 1. The maximum atomic E-state index is 12.5. The maximum absolute atomic E-state index is 12.5. The third kappa shape index (κ3) is 4.46. The Labute approximate surface area is 157 Å². The highest BCUT2D eigenvalue weighted by Gasteiger charge is 2.25. The Morgan fingerprint density at radius 3 is 2.30 bits per heavy atom. The fourth-order valence-corrected chi connectivity index (χ4v) is 3.48. The van der Waals surface area contributed by atoms with Crippen molar-refractivity contribution < 1.29 is 22.7 Å². The monoisotopic (exact) mass is 388 g/mol. The lowest BCUT2D eigenvalue weighted by molar-refractivity contribution is 0.0948. The van der Waals surface area contributed by atoms with E-state index in [-0.39, 0.29) is 28.2 Å². The summed E-state index contributed by atoms with van der Waals surface area (Å²) in [5, 5.41) is 2.83. The van der Waals surface area contributed by atoms with Crippen LogP contribution in [0.5, 0.6) is 5.75 Å². The van der Waals surface area contributed by atoms with Crippen molar-refractivity contribution in [1.29, 1.82) is 0 Å². The molecule has 1 fully saturated rings. The molecule has 0 bridgehead atoms. The smallest absolute Gasteiger partial charge is 0.268 e. The molecule has 2 aromatic rings. The molecule has 0 aromatic heterocycles. The Hall–Kier alpha value is -2.87. The summed E-state index contributed by atoms with van der Waals surface area (Å²) in [4.78, 5) is 24.3. The predicted octanol–water partition coefficient (Wildman–Crippen LogP) is 2.01. The van der Waals surface area contributed by atoms with Gasteiger partial charge in [0.05, 0.1) is 17.6 Å². The second-order valence-electron chi connectivity index (χ2n) is 6.41. The van der Waals surface area contributed by atoms with E-state index in [2.05, 4.69) is 5.32 Å². The first-order valence-electron chi connectivity index (χ1n) is 8.43. The van der Waals surface area contributed by atoms with Crippen LogP contribution in [0.3, 0.4) is 0 Å². The Bertz CT molecular complexity index is 980. The third-order valence-corrected chi connectivity index (χ3v) is 5.51. The lowest BCUT2D eigenvalue weighted by atomic mass is 10.1. The number of nitrogens with one attached hydrogen (secondary N) is 2. The van der Waals surface area contributed by atoms with Crippen molar-refractivity contribution in [2.45, 2.75) is 30.7 Å². The largest absolute Gasteiger partial charge is 0.496 e. The highest BCUT2D eigenvalue weighted by Crippen LogP contribution is 2.21. The van der Waals surface area contributed by atoms with Crippen molar-refractivity contribution in [3.8, 4) is 5.75 Å². The fraction of sp³-hybridized carbons (Fsp3) is 0.263. The van der Waals surface area contributed by atoms with Crippen molar-refractivity contribution >= 4 is 21.8 Å². The summed E-state index contributed by atoms with van der Waals surface area (Å²) in [6.45, 7) is 1.79. The normalized spacial score (nSPS) is 13.7. The first kappa shape index (κ1) is 18.9. The quantitative estimate of drug-likeness (QED) is 0.788. The molecule has 0 saturated heterocycles. The molecule has 0 aliphatic heterocycles. The van der Waals surface area contributed by atoms with Crippen LogP contribution in [-0.2, 0) is 10.0 Å². The molecule has 2 amide bonds. The van der Waals surface area contributed by atoms with E-state index in [0.717, 1.165) is 18.4 Å². The van der Waals surface area contributed by atoms with Crippen molar-refractivity contribution in [2.24, 2.45) is 0 Å². The summed E-state index contributed by atoms with van der Waals surface area (Å²) >= 11 is 0. The van der Waals surface area contributed by atoms with Gasteiger partial charge in [-0.05, 0) is 56.2 Å². The second-order valence-corrected chi connectivity index (χ2v) is 8.09. The molecule has 142 valence electrons. The maximum Gasteiger partial charge on any atom is 0.268 e. The van der Waals surface area contributed by atoms with Crippen molar-refractivity contribution in [2.75, 3.05) is 7.11 Å². The number of hydrogen-bond donors (Lipinski definition) is 2. The summed E-state index contributed by atoms with van der Waals surface area (Å²) in [5.74, 6) is -0.749. The first-order valence-corrected chi connectivity index (χ1v) is 9.91. The van der Waals surface area contributed by atoms with E-state index in [0.29, 0.717) is 5.56 Å². The molecule has 27 heavy (non-hydrogen) atoms. The number of hydrogen-bond acceptors (Lipinski definition) is 5. The molecule has 1 aliphatic rings. The topological polar surface area (TPSA) is 102 Å². The third-order valence-electron chi connectivity index (χ3n) is 4.17. The number of benzene rings is 2. The van der Waals surface area contributed by atoms with E-state index in [4.69, 9.17) is 4.74 Å². The SMILES string of the molecule is COc1ccc(C)cc1C(=O)NS(=O)(=O)c1ccc(C(=O)NC2CC2)cc1. The second kappa shape index (κ2) is 7.40. The zero-order valence-corrected chi connectivity index (χ0v) is 15.8. The van der Waals surface area contributed by atoms with Gasteiger partial charge in [0.2, 0.25) is 0 Å². The number of carbonyl (C=O) groups is 2. The number of sulfonamides is 1. The molecule has 0 unspecified atom stereocenters. The predicted molar refractivity (Wildman–Crippen MR) is 99.3 cm³/mol. The summed E-state index contributed by atoms with van der Waals surface area (Å²) in [7, 11) is -2.68. The zero-order chi connectivity index (χ0) is 19.6. The zero-order valence-electron chi connectivity index (χ0n) is 15.0. The molecule has 1 aliphatic carbocycles. The van der Waals surface area contributed by atoms with Gasteiger partial charge < -0.3 is 10.1 Å². The van der Waals surface area contributed by atoms with Gasteiger partial charge in [0.15, 0.2) is 0 Å². The minimum Gasteiger partial charge on any atom is -0.496 e. The van der Waals surface area contributed by atoms with Gasteiger partial charge in [0.1, 0.15) is 5.75 Å². The average Bonchev–Trinajstić information content (AvgIpc) is 3.45. The van der Waals surface area contributed by atoms with Crippen LogP contribution in [0.1, 0.15) is 39.1 Å². The minimum absolute atomic E-state index is 0.106. The van der Waals surface area contributed by atoms with Gasteiger partial charge in [-0.15, -0.1) is 0 Å². The van der Waals surface area contributed by atoms with E-state index in [1.165, 1.54) is 31.4 Å². The van der Waals surface area contributed by atoms with Gasteiger partial charge >= 0.3 is 0 Å². The lowest BCUT2D eigenvalue weighted by Crippen LogP contribution is -2.31. The van der Waals surface area contributed by atoms with Crippen LogP contribution in [0, 0.1) is 6.92 Å². The van der Waals surface area contributed by atoms with Gasteiger partial charge in [-0.1, -0.05) is 11.6 Å². The highest BCUT2D eigenvalue weighted by atomic mass is 32.2. The summed E-state index contributed by atoms with van der Waals surface area (Å²) in [5.41, 5.74) is 1.29. The summed E-state index contributed by atoms with van der Waals surface area (Å²) < 4.78 is 32.1. The number of methoxy groups -OCH3 is 1. The minimum atomic E-state index is -4.09. The van der Waals surface area contributed by atoms with E-state index >= 15 is 0 Å². The molecule has 0 radical (unpaired) electrons. The number of ether oxygens (including phenoxy) is 1. The Kier molecular flexibility index (Phi) is 5.18. The standard InChI is InChI=1S/C19H20N2O5S/c1-12-3-10-17(26-2)16(11-12)19(23)21-27(24,25)15-8-4-13(5-9-15)18(22)20-14-6-7-14/h3-5,8-11,14H,6-7H2,1-2H3,(H,20,22)(H,21,23). The average molecular weight is 388 g/mol. The van der Waals surface area contributed by atoms with Crippen LogP contribution in [-0.4, -0.2) is 33.4 Å². The summed E-state index contributed by atoms with van der Waals surface area (Å²) in [6.07, 6.45) is 1.93. The molecular formula is C19H20N2O5S. The van der Waals surface area contributed by atoms with Crippen molar-refractivity contribution in [3.05, 3.63) is 59.2 Å². The molecule has 1 saturated carbocycles. The Balaban J connectivity index is 1.77. The van der Waals surface area contributed by atoms with Gasteiger partial charge in [-0.2, -0.15) is 0 Å². The molecule has 7 nitrogen and oxygen atoms in total. The van der Waals surface area contributed by atoms with E-state index in [9.17, 15) is 18.0 Å². The number of rotatable bonds is 6. The van der Waals surface area contributed by atoms with Gasteiger partial charge in [-0.3, -0.25) is 9.59 Å². The van der Waals surface area contributed by atoms with Crippen molar-refractivity contribution in [3.63, 3.8) is 0 Å². The number of amides is 2. The molecule has 0 atom stereocenters.